The van der Waals surface area contributed by atoms with Crippen LogP contribution in [-0.2, 0) is 16.6 Å². The summed E-state index contributed by atoms with van der Waals surface area (Å²) >= 11 is 0. The molecule has 1 rings (SSSR count). The highest BCUT2D eigenvalue weighted by Crippen LogP contribution is 2.07. The van der Waals surface area contributed by atoms with Crippen LogP contribution in [0.4, 0.5) is 4.39 Å². The fraction of sp³-hybridized carbons (Fsp3) is 0.533. The van der Waals surface area contributed by atoms with Gasteiger partial charge in [-0.1, -0.05) is 12.1 Å². The fourth-order valence-corrected chi connectivity index (χ4v) is 3.28. The summed E-state index contributed by atoms with van der Waals surface area (Å²) < 4.78 is 38.5. The number of benzene rings is 1. The Kier molecular flexibility index (Phi) is 9.15. The topological polar surface area (TPSA) is 73.8 Å². The van der Waals surface area contributed by atoms with Crippen molar-refractivity contribution in [1.82, 2.24) is 14.9 Å². The second kappa shape index (κ2) is 9.52. The van der Waals surface area contributed by atoms with E-state index in [2.05, 4.69) is 15.0 Å². The largest absolute Gasteiger partial charge is 0.354 e. The van der Waals surface area contributed by atoms with Gasteiger partial charge in [0.2, 0.25) is 10.0 Å². The molecule has 0 fully saturated rings. The van der Waals surface area contributed by atoms with Crippen LogP contribution in [0.5, 0.6) is 0 Å². The maximum atomic E-state index is 13.2. The summed E-state index contributed by atoms with van der Waals surface area (Å²) in [5.74, 6) is 0.315. The van der Waals surface area contributed by atoms with Gasteiger partial charge in [-0.05, 0) is 31.5 Å². The third-order valence-electron chi connectivity index (χ3n) is 3.03. The first-order chi connectivity index (χ1) is 10.5. The number of aliphatic imine (C=N–C) groups is 1. The molecule has 138 valence electrons. The summed E-state index contributed by atoms with van der Waals surface area (Å²) in [4.78, 5) is 6.01. The predicted octanol–water partition coefficient (Wildman–Crippen LogP) is 1.78. The standard InChI is InChI=1S/C15H25FN4O2S.HI/c1-15(2,19-23(5,21)22)11-18-14(17-3)20(4)10-12-7-6-8-13(16)9-12;/h6-9,19H,10-11H2,1-5H3,(H,17,18);1H. The van der Waals surface area contributed by atoms with E-state index in [0.717, 1.165) is 11.8 Å². The Morgan fingerprint density at radius 2 is 2.00 bits per heavy atom. The lowest BCUT2D eigenvalue weighted by molar-refractivity contribution is 0.422. The lowest BCUT2D eigenvalue weighted by atomic mass is 10.1. The third kappa shape index (κ3) is 8.78. The van der Waals surface area contributed by atoms with E-state index in [9.17, 15) is 12.8 Å². The number of sulfonamides is 1. The third-order valence-corrected chi connectivity index (χ3v) is 3.96. The van der Waals surface area contributed by atoms with Crippen LogP contribution in [0, 0.1) is 5.82 Å². The monoisotopic (exact) mass is 472 g/mol. The van der Waals surface area contributed by atoms with E-state index in [4.69, 9.17) is 0 Å². The Bertz CT molecular complexity index is 665. The highest BCUT2D eigenvalue weighted by Gasteiger charge is 2.22. The molecule has 6 nitrogen and oxygen atoms in total. The van der Waals surface area contributed by atoms with Crippen molar-refractivity contribution in [3.05, 3.63) is 35.6 Å². The van der Waals surface area contributed by atoms with Gasteiger partial charge in [-0.15, -0.1) is 24.0 Å². The average Bonchev–Trinajstić information content (AvgIpc) is 2.36. The minimum atomic E-state index is -3.30. The molecule has 0 unspecified atom stereocenters. The van der Waals surface area contributed by atoms with Crippen LogP contribution in [0.25, 0.3) is 0 Å². The Morgan fingerprint density at radius 3 is 2.50 bits per heavy atom. The molecule has 0 aromatic heterocycles. The molecule has 0 heterocycles. The maximum Gasteiger partial charge on any atom is 0.209 e. The molecule has 0 radical (unpaired) electrons. The summed E-state index contributed by atoms with van der Waals surface area (Å²) in [5.41, 5.74) is 0.160. The first-order valence-corrected chi connectivity index (χ1v) is 9.07. The van der Waals surface area contributed by atoms with Crippen molar-refractivity contribution < 1.29 is 12.8 Å². The smallest absolute Gasteiger partial charge is 0.209 e. The summed E-state index contributed by atoms with van der Waals surface area (Å²) in [7, 11) is 0.176. The van der Waals surface area contributed by atoms with Gasteiger partial charge in [0.15, 0.2) is 5.96 Å². The molecule has 0 aliphatic carbocycles. The van der Waals surface area contributed by atoms with E-state index in [1.165, 1.54) is 12.1 Å². The molecular weight excluding hydrogens is 446 g/mol. The van der Waals surface area contributed by atoms with Gasteiger partial charge in [0, 0.05) is 32.7 Å². The lowest BCUT2D eigenvalue weighted by Crippen LogP contribution is -2.53. The van der Waals surface area contributed by atoms with Crippen molar-refractivity contribution in [2.24, 2.45) is 4.99 Å². The van der Waals surface area contributed by atoms with Crippen LogP contribution in [0.3, 0.4) is 0 Å². The Labute approximate surface area is 161 Å². The number of nitrogens with one attached hydrogen (secondary N) is 2. The molecule has 0 saturated carbocycles. The zero-order valence-corrected chi connectivity index (χ0v) is 17.8. The van der Waals surface area contributed by atoms with E-state index < -0.39 is 15.6 Å². The van der Waals surface area contributed by atoms with Crippen LogP contribution >= 0.6 is 24.0 Å². The molecule has 0 spiro atoms. The highest BCUT2D eigenvalue weighted by atomic mass is 127. The van der Waals surface area contributed by atoms with Gasteiger partial charge in [0.25, 0.3) is 0 Å². The second-order valence-corrected chi connectivity index (χ2v) is 7.89. The SMILES string of the molecule is CN=C(NCC(C)(C)NS(C)(=O)=O)N(C)Cc1cccc(F)c1.I. The summed E-state index contributed by atoms with van der Waals surface area (Å²) in [5, 5.41) is 3.12. The van der Waals surface area contributed by atoms with Gasteiger partial charge in [-0.3, -0.25) is 4.99 Å². The molecule has 0 amide bonds. The first-order valence-electron chi connectivity index (χ1n) is 7.17. The zero-order chi connectivity index (χ0) is 17.7. The first kappa shape index (κ1) is 23.1. The molecule has 2 N–H and O–H groups in total. The number of hydrogen-bond acceptors (Lipinski definition) is 3. The summed E-state index contributed by atoms with van der Waals surface area (Å²) in [6.45, 7) is 4.40. The van der Waals surface area contributed by atoms with Gasteiger partial charge in [0.1, 0.15) is 5.82 Å². The molecule has 0 atom stereocenters. The van der Waals surface area contributed by atoms with Crippen molar-refractivity contribution >= 4 is 40.0 Å². The summed E-state index contributed by atoms with van der Waals surface area (Å²) in [6.07, 6.45) is 1.12. The van der Waals surface area contributed by atoms with Gasteiger partial charge < -0.3 is 10.2 Å². The zero-order valence-electron chi connectivity index (χ0n) is 14.6. The number of nitrogens with zero attached hydrogens (tertiary/aromatic N) is 2. The lowest BCUT2D eigenvalue weighted by Gasteiger charge is -2.29. The van der Waals surface area contributed by atoms with E-state index in [-0.39, 0.29) is 29.8 Å². The molecule has 1 aromatic carbocycles. The van der Waals surface area contributed by atoms with Gasteiger partial charge >= 0.3 is 0 Å². The van der Waals surface area contributed by atoms with Crippen molar-refractivity contribution in [2.75, 3.05) is 26.9 Å². The predicted molar refractivity (Wildman–Crippen MR) is 107 cm³/mol. The molecular formula is C15H26FIN4O2S. The van der Waals surface area contributed by atoms with Crippen molar-refractivity contribution in [3.8, 4) is 0 Å². The Morgan fingerprint density at radius 1 is 1.38 bits per heavy atom. The average molecular weight is 472 g/mol. The van der Waals surface area contributed by atoms with Crippen LogP contribution in [-0.4, -0.2) is 51.7 Å². The maximum absolute atomic E-state index is 13.2. The summed E-state index contributed by atoms with van der Waals surface area (Å²) in [6, 6.07) is 6.37. The number of guanidine groups is 1. The van der Waals surface area contributed by atoms with Crippen molar-refractivity contribution in [2.45, 2.75) is 25.9 Å². The normalized spacial score (nSPS) is 12.5. The van der Waals surface area contributed by atoms with Crippen LogP contribution in [0.1, 0.15) is 19.4 Å². The molecule has 0 aliphatic rings. The van der Waals surface area contributed by atoms with Gasteiger partial charge in [-0.25, -0.2) is 17.5 Å². The minimum Gasteiger partial charge on any atom is -0.354 e. The number of hydrogen-bond donors (Lipinski definition) is 2. The highest BCUT2D eigenvalue weighted by molar-refractivity contribution is 14.0. The molecule has 0 bridgehead atoms. The molecule has 1 aromatic rings. The van der Waals surface area contributed by atoms with Crippen molar-refractivity contribution in [3.63, 3.8) is 0 Å². The van der Waals surface area contributed by atoms with Crippen LogP contribution in [0.2, 0.25) is 0 Å². The van der Waals surface area contributed by atoms with E-state index in [1.54, 1.807) is 27.0 Å². The van der Waals surface area contributed by atoms with Gasteiger partial charge in [0.05, 0.1) is 6.26 Å². The quantitative estimate of drug-likeness (QED) is 0.376. The van der Waals surface area contributed by atoms with Crippen LogP contribution in [0.15, 0.2) is 29.3 Å². The number of halogens is 2. The van der Waals surface area contributed by atoms with E-state index in [1.807, 2.05) is 18.0 Å². The molecule has 9 heteroatoms. The second-order valence-electron chi connectivity index (χ2n) is 6.14. The Balaban J connectivity index is 0.00000529. The molecule has 24 heavy (non-hydrogen) atoms. The minimum absolute atomic E-state index is 0. The molecule has 0 aliphatic heterocycles. The number of rotatable bonds is 6. The fourth-order valence-electron chi connectivity index (χ4n) is 2.21. The van der Waals surface area contributed by atoms with E-state index in [0.29, 0.717) is 19.0 Å². The van der Waals surface area contributed by atoms with E-state index >= 15 is 0 Å². The molecule has 0 saturated heterocycles. The van der Waals surface area contributed by atoms with Crippen LogP contribution < -0.4 is 10.0 Å². The Hall–Kier alpha value is -0.940. The van der Waals surface area contributed by atoms with Gasteiger partial charge in [-0.2, -0.15) is 0 Å². The van der Waals surface area contributed by atoms with Crippen molar-refractivity contribution in [1.29, 1.82) is 0 Å².